The topological polar surface area (TPSA) is 87.0 Å². The third kappa shape index (κ3) is 2.85. The molecule has 1 rings (SSSR count). The number of hydrogen-bond donors (Lipinski definition) is 3. The van der Waals surface area contributed by atoms with Gasteiger partial charge in [0.2, 0.25) is 5.75 Å². The maximum Gasteiger partial charge on any atom is 0.336 e. The maximum absolute atomic E-state index is 11.1. The van der Waals surface area contributed by atoms with Crippen molar-refractivity contribution >= 4 is 5.97 Å². The van der Waals surface area contributed by atoms with Crippen LogP contribution < -0.4 is 4.74 Å². The number of carboxylic acid groups (broad SMARTS) is 1. The summed E-state index contributed by atoms with van der Waals surface area (Å²) in [7, 11) is 0. The standard InChI is InChI=1S/C13H18O5/c1-4-5-8-9(13(16)17)6-10(14)11(15)12(8)18-7(2)3/h6-7,14-15H,4-5H2,1-3H3,(H,16,17). The maximum atomic E-state index is 11.1. The van der Waals surface area contributed by atoms with Crippen molar-refractivity contribution in [3.8, 4) is 17.2 Å². The summed E-state index contributed by atoms with van der Waals surface area (Å²) in [5, 5.41) is 28.5. The Balaban J connectivity index is 3.46. The van der Waals surface area contributed by atoms with Crippen molar-refractivity contribution < 1.29 is 24.9 Å². The molecule has 18 heavy (non-hydrogen) atoms. The molecule has 1 aromatic carbocycles. The molecule has 0 amide bonds. The van der Waals surface area contributed by atoms with Crippen LogP contribution in [0.4, 0.5) is 0 Å². The van der Waals surface area contributed by atoms with Crippen LogP contribution in [0.15, 0.2) is 6.07 Å². The van der Waals surface area contributed by atoms with E-state index in [0.717, 1.165) is 6.07 Å². The third-order valence-corrected chi connectivity index (χ3v) is 2.42. The first-order valence-corrected chi connectivity index (χ1v) is 5.86. The van der Waals surface area contributed by atoms with Crippen molar-refractivity contribution in [3.05, 3.63) is 17.2 Å². The zero-order valence-corrected chi connectivity index (χ0v) is 10.7. The molecule has 0 heterocycles. The van der Waals surface area contributed by atoms with Gasteiger partial charge in [0.05, 0.1) is 11.7 Å². The molecule has 0 radical (unpaired) electrons. The molecule has 5 nitrogen and oxygen atoms in total. The first-order valence-electron chi connectivity index (χ1n) is 5.86. The number of carbonyl (C=O) groups is 1. The average Bonchev–Trinajstić information content (AvgIpc) is 2.27. The average molecular weight is 254 g/mol. The van der Waals surface area contributed by atoms with Crippen LogP contribution in [0, 0.1) is 0 Å². The van der Waals surface area contributed by atoms with Crippen LogP contribution in [-0.2, 0) is 6.42 Å². The molecular weight excluding hydrogens is 236 g/mol. The molecular formula is C13H18O5. The SMILES string of the molecule is CCCc1c(C(=O)O)cc(O)c(O)c1OC(C)C. The number of ether oxygens (including phenoxy) is 1. The lowest BCUT2D eigenvalue weighted by Gasteiger charge is -2.18. The number of aromatic hydroxyl groups is 2. The minimum atomic E-state index is -1.15. The van der Waals surface area contributed by atoms with E-state index in [4.69, 9.17) is 9.84 Å². The molecule has 0 bridgehead atoms. The summed E-state index contributed by atoms with van der Waals surface area (Å²) in [6.45, 7) is 5.42. The minimum absolute atomic E-state index is 0.0391. The van der Waals surface area contributed by atoms with Gasteiger partial charge in [0, 0.05) is 5.56 Å². The minimum Gasteiger partial charge on any atom is -0.504 e. The second-order valence-corrected chi connectivity index (χ2v) is 4.32. The zero-order valence-electron chi connectivity index (χ0n) is 10.7. The second kappa shape index (κ2) is 5.62. The van der Waals surface area contributed by atoms with Gasteiger partial charge in [-0.1, -0.05) is 13.3 Å². The van der Waals surface area contributed by atoms with Gasteiger partial charge >= 0.3 is 5.97 Å². The molecule has 0 aliphatic carbocycles. The summed E-state index contributed by atoms with van der Waals surface area (Å²) in [6.07, 6.45) is 0.936. The molecule has 5 heteroatoms. The highest BCUT2D eigenvalue weighted by Gasteiger charge is 2.22. The highest BCUT2D eigenvalue weighted by Crippen LogP contribution is 2.41. The van der Waals surface area contributed by atoms with Gasteiger partial charge in [-0.25, -0.2) is 4.79 Å². The Morgan fingerprint density at radius 3 is 2.44 bits per heavy atom. The lowest BCUT2D eigenvalue weighted by molar-refractivity contribution is 0.0694. The summed E-state index contributed by atoms with van der Waals surface area (Å²) < 4.78 is 5.43. The van der Waals surface area contributed by atoms with Crippen LogP contribution in [0.3, 0.4) is 0 Å². The van der Waals surface area contributed by atoms with Crippen LogP contribution in [-0.4, -0.2) is 27.4 Å². The summed E-state index contributed by atoms with van der Waals surface area (Å²) in [5.74, 6) is -1.98. The Labute approximate surface area is 106 Å². The smallest absolute Gasteiger partial charge is 0.336 e. The van der Waals surface area contributed by atoms with Crippen molar-refractivity contribution in [1.82, 2.24) is 0 Å². The molecule has 3 N–H and O–H groups in total. The van der Waals surface area contributed by atoms with Crippen LogP contribution >= 0.6 is 0 Å². The van der Waals surface area contributed by atoms with Crippen LogP contribution in [0.5, 0.6) is 17.2 Å². The van der Waals surface area contributed by atoms with E-state index in [1.165, 1.54) is 0 Å². The molecule has 100 valence electrons. The Hall–Kier alpha value is -1.91. The Morgan fingerprint density at radius 2 is 2.00 bits per heavy atom. The number of phenolic OH excluding ortho intramolecular Hbond substituents is 2. The number of hydrogen-bond acceptors (Lipinski definition) is 4. The molecule has 0 atom stereocenters. The van der Waals surface area contributed by atoms with E-state index in [2.05, 4.69) is 0 Å². The fraction of sp³-hybridized carbons (Fsp3) is 0.462. The molecule has 0 aromatic heterocycles. The molecule has 0 unspecified atom stereocenters. The first kappa shape index (κ1) is 14.2. The van der Waals surface area contributed by atoms with E-state index in [-0.39, 0.29) is 17.4 Å². The molecule has 0 saturated carbocycles. The van der Waals surface area contributed by atoms with Crippen molar-refractivity contribution in [2.75, 3.05) is 0 Å². The third-order valence-electron chi connectivity index (χ3n) is 2.42. The Morgan fingerprint density at radius 1 is 1.39 bits per heavy atom. The first-order chi connectivity index (χ1) is 8.38. The van der Waals surface area contributed by atoms with Gasteiger partial charge in [0.1, 0.15) is 0 Å². The van der Waals surface area contributed by atoms with Crippen molar-refractivity contribution in [2.24, 2.45) is 0 Å². The fourth-order valence-corrected chi connectivity index (χ4v) is 1.73. The zero-order chi connectivity index (χ0) is 13.9. The largest absolute Gasteiger partial charge is 0.504 e. The van der Waals surface area contributed by atoms with E-state index >= 15 is 0 Å². The normalized spacial score (nSPS) is 10.7. The lowest BCUT2D eigenvalue weighted by Crippen LogP contribution is -2.11. The molecule has 0 spiro atoms. The van der Waals surface area contributed by atoms with Crippen molar-refractivity contribution in [2.45, 2.75) is 39.7 Å². The van der Waals surface area contributed by atoms with Crippen molar-refractivity contribution in [3.63, 3.8) is 0 Å². The summed E-state index contributed by atoms with van der Waals surface area (Å²) in [4.78, 5) is 11.1. The molecule has 0 saturated heterocycles. The van der Waals surface area contributed by atoms with Crippen LogP contribution in [0.1, 0.15) is 43.1 Å². The van der Waals surface area contributed by atoms with Gasteiger partial charge in [0.25, 0.3) is 0 Å². The fourth-order valence-electron chi connectivity index (χ4n) is 1.73. The van der Waals surface area contributed by atoms with E-state index in [1.54, 1.807) is 13.8 Å². The molecule has 0 aliphatic rings. The van der Waals surface area contributed by atoms with Gasteiger partial charge in [-0.2, -0.15) is 0 Å². The predicted octanol–water partition coefficient (Wildman–Crippen LogP) is 2.54. The molecule has 1 aromatic rings. The van der Waals surface area contributed by atoms with Gasteiger partial charge in [-0.05, 0) is 26.3 Å². The van der Waals surface area contributed by atoms with Gasteiger partial charge < -0.3 is 20.1 Å². The van der Waals surface area contributed by atoms with Crippen molar-refractivity contribution in [1.29, 1.82) is 0 Å². The quantitative estimate of drug-likeness (QED) is 0.703. The number of benzene rings is 1. The predicted molar refractivity (Wildman–Crippen MR) is 66.5 cm³/mol. The van der Waals surface area contributed by atoms with E-state index in [1.807, 2.05) is 6.92 Å². The molecule has 0 fully saturated rings. The number of carboxylic acids is 1. The summed E-state index contributed by atoms with van der Waals surface area (Å²) in [5.41, 5.74) is 0.372. The second-order valence-electron chi connectivity index (χ2n) is 4.32. The lowest BCUT2D eigenvalue weighted by atomic mass is 10.0. The Kier molecular flexibility index (Phi) is 4.42. The molecule has 0 aliphatic heterocycles. The van der Waals surface area contributed by atoms with Gasteiger partial charge in [-0.3, -0.25) is 0 Å². The number of aromatic carboxylic acids is 1. The van der Waals surface area contributed by atoms with E-state index in [9.17, 15) is 15.0 Å². The van der Waals surface area contributed by atoms with Gasteiger partial charge in [-0.15, -0.1) is 0 Å². The van der Waals surface area contributed by atoms with Crippen LogP contribution in [0.2, 0.25) is 0 Å². The van der Waals surface area contributed by atoms with Gasteiger partial charge in [0.15, 0.2) is 11.5 Å². The van der Waals surface area contributed by atoms with Crippen LogP contribution in [0.25, 0.3) is 0 Å². The van der Waals surface area contributed by atoms with E-state index in [0.29, 0.717) is 18.4 Å². The number of phenols is 2. The Bertz CT molecular complexity index is 451. The highest BCUT2D eigenvalue weighted by atomic mass is 16.5. The summed E-state index contributed by atoms with van der Waals surface area (Å²) >= 11 is 0. The summed E-state index contributed by atoms with van der Waals surface area (Å²) in [6, 6.07) is 1.05. The highest BCUT2D eigenvalue weighted by molar-refractivity contribution is 5.91. The number of rotatable bonds is 5. The monoisotopic (exact) mass is 254 g/mol. The van der Waals surface area contributed by atoms with E-state index < -0.39 is 17.5 Å².